The number of pyridine rings is 1. The first-order valence-corrected chi connectivity index (χ1v) is 10.9. The van der Waals surface area contributed by atoms with Crippen molar-refractivity contribution in [2.75, 3.05) is 23.3 Å². The van der Waals surface area contributed by atoms with E-state index in [0.29, 0.717) is 5.95 Å². The van der Waals surface area contributed by atoms with Gasteiger partial charge in [-0.15, -0.1) is 0 Å². The normalized spacial score (nSPS) is 16.0. The van der Waals surface area contributed by atoms with Crippen molar-refractivity contribution >= 4 is 51.4 Å². The Morgan fingerprint density at radius 3 is 2.44 bits per heavy atom. The second-order valence-corrected chi connectivity index (χ2v) is 8.58. The molecule has 1 aliphatic rings. The molecule has 32 heavy (non-hydrogen) atoms. The molecule has 1 atom stereocenters. The van der Waals surface area contributed by atoms with Gasteiger partial charge in [-0.05, 0) is 47.9 Å². The number of nitrogens with zero attached hydrogens (tertiary/aromatic N) is 4. The summed E-state index contributed by atoms with van der Waals surface area (Å²) in [7, 11) is 0. The van der Waals surface area contributed by atoms with Gasteiger partial charge in [-0.2, -0.15) is 0 Å². The molecule has 7 nitrogen and oxygen atoms in total. The first-order chi connectivity index (χ1) is 15.5. The molecule has 0 radical (unpaired) electrons. The van der Waals surface area contributed by atoms with E-state index in [-0.39, 0.29) is 21.8 Å². The first-order valence-electron chi connectivity index (χ1n) is 10.1. The predicted molar refractivity (Wildman–Crippen MR) is 129 cm³/mol. The number of rotatable bonds is 4. The van der Waals surface area contributed by atoms with Gasteiger partial charge in [0.25, 0.3) is 0 Å². The Balaban J connectivity index is 1.46. The van der Waals surface area contributed by atoms with Crippen LogP contribution in [0.1, 0.15) is 6.42 Å². The summed E-state index contributed by atoms with van der Waals surface area (Å²) in [5.74, 6) is 0.563. The Morgan fingerprint density at radius 1 is 1.00 bits per heavy atom. The minimum absolute atomic E-state index is 0.124. The van der Waals surface area contributed by atoms with E-state index in [2.05, 4.69) is 25.2 Å². The molecule has 0 saturated carbocycles. The fourth-order valence-corrected chi connectivity index (χ4v) is 4.33. The lowest BCUT2D eigenvalue weighted by atomic mass is 10.0. The van der Waals surface area contributed by atoms with Crippen LogP contribution in [-0.4, -0.2) is 39.2 Å². The lowest BCUT2D eigenvalue weighted by Gasteiger charge is -2.16. The number of nitrogens with one attached hydrogen (secondary N) is 1. The molecule has 2 aromatic heterocycles. The number of fused-ring (bicyclic) bond motifs is 1. The minimum atomic E-state index is -0.124. The molecule has 3 heterocycles. The Kier molecular flexibility index (Phi) is 5.46. The summed E-state index contributed by atoms with van der Waals surface area (Å²) in [5.41, 5.74) is 10.1. The maximum atomic E-state index is 9.85. The molecule has 1 aliphatic heterocycles. The number of nitrogens with two attached hydrogens (primary N) is 1. The van der Waals surface area contributed by atoms with Gasteiger partial charge in [0.1, 0.15) is 0 Å². The van der Waals surface area contributed by atoms with Crippen molar-refractivity contribution in [1.29, 1.82) is 0 Å². The van der Waals surface area contributed by atoms with Gasteiger partial charge in [0.05, 0.1) is 33.6 Å². The van der Waals surface area contributed by atoms with Crippen molar-refractivity contribution in [3.05, 3.63) is 65.0 Å². The summed E-state index contributed by atoms with van der Waals surface area (Å²) in [6.45, 7) is 1.65. The number of aromatic hydroxyl groups is 1. The zero-order valence-electron chi connectivity index (χ0n) is 17.0. The summed E-state index contributed by atoms with van der Waals surface area (Å²) in [6, 6.07) is 11.3. The van der Waals surface area contributed by atoms with Gasteiger partial charge in [0.15, 0.2) is 5.75 Å². The van der Waals surface area contributed by atoms with Crippen LogP contribution in [0.25, 0.3) is 22.0 Å². The molecule has 4 N–H and O–H groups in total. The minimum Gasteiger partial charge on any atom is -0.505 e. The highest BCUT2D eigenvalue weighted by atomic mass is 35.5. The zero-order chi connectivity index (χ0) is 22.2. The number of anilines is 3. The van der Waals surface area contributed by atoms with Crippen molar-refractivity contribution in [2.24, 2.45) is 5.73 Å². The van der Waals surface area contributed by atoms with Crippen molar-refractivity contribution in [1.82, 2.24) is 15.0 Å². The molecule has 5 rings (SSSR count). The topological polar surface area (TPSA) is 100 Å². The van der Waals surface area contributed by atoms with Crippen LogP contribution in [0.3, 0.4) is 0 Å². The quantitative estimate of drug-likeness (QED) is 0.389. The smallest absolute Gasteiger partial charge is 0.225 e. The fourth-order valence-electron chi connectivity index (χ4n) is 3.84. The predicted octanol–water partition coefficient (Wildman–Crippen LogP) is 4.99. The molecule has 1 unspecified atom stereocenters. The molecule has 1 fully saturated rings. The third-order valence-electron chi connectivity index (χ3n) is 5.52. The summed E-state index contributed by atoms with van der Waals surface area (Å²) in [4.78, 5) is 15.5. The first kappa shape index (κ1) is 20.8. The monoisotopic (exact) mass is 466 g/mol. The highest BCUT2D eigenvalue weighted by Gasteiger charge is 2.21. The average molecular weight is 467 g/mol. The van der Waals surface area contributed by atoms with Gasteiger partial charge in [-0.1, -0.05) is 29.3 Å². The number of benzene rings is 2. The van der Waals surface area contributed by atoms with Gasteiger partial charge in [0, 0.05) is 36.4 Å². The van der Waals surface area contributed by atoms with E-state index < -0.39 is 0 Å². The number of phenolic OH excluding ortho intramolecular Hbond substituents is 1. The molecule has 9 heteroatoms. The van der Waals surface area contributed by atoms with Crippen LogP contribution in [-0.2, 0) is 0 Å². The molecule has 0 amide bonds. The van der Waals surface area contributed by atoms with E-state index in [0.717, 1.165) is 52.9 Å². The lowest BCUT2D eigenvalue weighted by molar-refractivity contribution is 0.476. The van der Waals surface area contributed by atoms with Gasteiger partial charge < -0.3 is 21.1 Å². The van der Waals surface area contributed by atoms with Crippen LogP contribution in [0.4, 0.5) is 17.3 Å². The van der Waals surface area contributed by atoms with Crippen LogP contribution < -0.4 is 16.0 Å². The number of phenols is 1. The van der Waals surface area contributed by atoms with Crippen LogP contribution in [0.2, 0.25) is 10.0 Å². The molecule has 0 aliphatic carbocycles. The van der Waals surface area contributed by atoms with E-state index in [9.17, 15) is 5.11 Å². The summed E-state index contributed by atoms with van der Waals surface area (Å²) in [5, 5.41) is 14.6. The van der Waals surface area contributed by atoms with Gasteiger partial charge >= 0.3 is 0 Å². The maximum Gasteiger partial charge on any atom is 0.225 e. The molecular weight excluding hydrogens is 447 g/mol. The average Bonchev–Trinajstić information content (AvgIpc) is 3.24. The lowest BCUT2D eigenvalue weighted by Crippen LogP contribution is -2.27. The Hall–Kier alpha value is -3.13. The molecule has 0 bridgehead atoms. The third-order valence-corrected chi connectivity index (χ3v) is 6.09. The number of hydrogen-bond donors (Lipinski definition) is 3. The maximum absolute atomic E-state index is 9.85. The SMILES string of the molecule is NC1CCN(c2ncc(Nc3ccnc4ccc(-c5cc(Cl)c(O)c(Cl)c5)cc34)cn2)C1. The standard InChI is InChI=1S/C23H20Cl2N6O/c24-18-8-14(9-19(25)22(18)32)13-1-2-20-17(7-13)21(3-5-27-20)30-16-10-28-23(29-11-16)31-6-4-15(26)12-31/h1-3,5,7-11,15,32H,4,6,12,26H2,(H,27,30). The number of halogens is 2. The second kappa shape index (κ2) is 8.43. The Morgan fingerprint density at radius 2 is 1.75 bits per heavy atom. The van der Waals surface area contributed by atoms with Crippen LogP contribution in [0.5, 0.6) is 5.75 Å². The highest BCUT2D eigenvalue weighted by Crippen LogP contribution is 2.37. The number of hydrogen-bond acceptors (Lipinski definition) is 7. The van der Waals surface area contributed by atoms with Gasteiger partial charge in [-0.3, -0.25) is 4.98 Å². The Labute approximate surface area is 194 Å². The van der Waals surface area contributed by atoms with E-state index in [1.54, 1.807) is 30.7 Å². The molecule has 0 spiro atoms. The van der Waals surface area contributed by atoms with Crippen LogP contribution in [0, 0.1) is 0 Å². The van der Waals surface area contributed by atoms with Crippen molar-refractivity contribution < 1.29 is 5.11 Å². The zero-order valence-corrected chi connectivity index (χ0v) is 18.5. The summed E-state index contributed by atoms with van der Waals surface area (Å²) >= 11 is 12.2. The van der Waals surface area contributed by atoms with Gasteiger partial charge in [-0.25, -0.2) is 9.97 Å². The van der Waals surface area contributed by atoms with Crippen LogP contribution >= 0.6 is 23.2 Å². The van der Waals surface area contributed by atoms with Crippen molar-refractivity contribution in [3.63, 3.8) is 0 Å². The third kappa shape index (κ3) is 4.02. The summed E-state index contributed by atoms with van der Waals surface area (Å²) in [6.07, 6.45) is 6.23. The van der Waals surface area contributed by atoms with E-state index >= 15 is 0 Å². The fraction of sp³-hybridized carbons (Fsp3) is 0.174. The highest BCUT2D eigenvalue weighted by molar-refractivity contribution is 6.37. The number of aromatic nitrogens is 3. The van der Waals surface area contributed by atoms with Gasteiger partial charge in [0.2, 0.25) is 5.95 Å². The Bertz CT molecular complexity index is 1270. The van der Waals surface area contributed by atoms with Crippen molar-refractivity contribution in [2.45, 2.75) is 12.5 Å². The molecule has 1 saturated heterocycles. The largest absolute Gasteiger partial charge is 0.505 e. The van der Waals surface area contributed by atoms with Crippen molar-refractivity contribution in [3.8, 4) is 16.9 Å². The van der Waals surface area contributed by atoms with E-state index in [1.165, 1.54) is 0 Å². The summed E-state index contributed by atoms with van der Waals surface area (Å²) < 4.78 is 0. The van der Waals surface area contributed by atoms with Crippen LogP contribution in [0.15, 0.2) is 55.0 Å². The van der Waals surface area contributed by atoms with E-state index in [4.69, 9.17) is 28.9 Å². The van der Waals surface area contributed by atoms with E-state index in [1.807, 2.05) is 24.3 Å². The molecule has 162 valence electrons. The second-order valence-electron chi connectivity index (χ2n) is 7.77. The molecule has 4 aromatic rings. The molecular formula is C23H20Cl2N6O. The molecule has 2 aromatic carbocycles.